The molecule has 0 amide bonds. The smallest absolute Gasteiger partial charge is 0.166 e. The van der Waals surface area contributed by atoms with E-state index in [0.717, 1.165) is 22.4 Å². The summed E-state index contributed by atoms with van der Waals surface area (Å²) in [7, 11) is 0. The molecule has 0 spiro atoms. The van der Waals surface area contributed by atoms with E-state index in [4.69, 9.17) is 10.5 Å². The number of ether oxygens (including phenoxy) is 1. The first-order chi connectivity index (χ1) is 14.8. The molecule has 0 bridgehead atoms. The minimum Gasteiger partial charge on any atom is -0.487 e. The van der Waals surface area contributed by atoms with E-state index < -0.39 is 22.9 Å². The highest BCUT2D eigenvalue weighted by Crippen LogP contribution is 2.44. The average molecular weight is 428 g/mol. The van der Waals surface area contributed by atoms with E-state index in [9.17, 15) is 13.2 Å². The Balaban J connectivity index is 1.59. The largest absolute Gasteiger partial charge is 0.487 e. The van der Waals surface area contributed by atoms with Crippen molar-refractivity contribution < 1.29 is 17.9 Å². The van der Waals surface area contributed by atoms with Gasteiger partial charge in [-0.1, -0.05) is 6.92 Å². The number of hydrogen-bond donors (Lipinski definition) is 1. The van der Waals surface area contributed by atoms with Crippen LogP contribution in [0.15, 0.2) is 42.7 Å². The van der Waals surface area contributed by atoms with Crippen molar-refractivity contribution >= 4 is 10.8 Å². The molecular weight excluding hydrogens is 401 g/mol. The van der Waals surface area contributed by atoms with Crippen LogP contribution in [-0.2, 0) is 5.41 Å². The summed E-state index contributed by atoms with van der Waals surface area (Å²) < 4.78 is 48.8. The lowest BCUT2D eigenvalue weighted by Crippen LogP contribution is -2.49. The second-order valence-electron chi connectivity index (χ2n) is 8.56. The Hall–Kier alpha value is -2.60. The number of rotatable bonds is 5. The maximum Gasteiger partial charge on any atom is 0.166 e. The molecule has 31 heavy (non-hydrogen) atoms. The Bertz CT molecular complexity index is 1070. The van der Waals surface area contributed by atoms with Gasteiger partial charge >= 0.3 is 0 Å². The van der Waals surface area contributed by atoms with Gasteiger partial charge in [0, 0.05) is 40.9 Å². The van der Waals surface area contributed by atoms with E-state index in [1.807, 2.05) is 19.9 Å². The zero-order valence-corrected chi connectivity index (χ0v) is 17.8. The van der Waals surface area contributed by atoms with Gasteiger partial charge in [0.15, 0.2) is 11.6 Å². The van der Waals surface area contributed by atoms with Gasteiger partial charge in [-0.25, -0.2) is 13.2 Å². The van der Waals surface area contributed by atoms with Gasteiger partial charge in [-0.2, -0.15) is 0 Å². The fraction of sp³-hybridized carbons (Fsp3) is 0.400. The predicted molar refractivity (Wildman–Crippen MR) is 116 cm³/mol. The van der Waals surface area contributed by atoms with Gasteiger partial charge < -0.3 is 10.5 Å². The minimum absolute atomic E-state index is 0.192. The molecule has 0 aliphatic heterocycles. The maximum absolute atomic E-state index is 14.8. The Kier molecular flexibility index (Phi) is 5.93. The van der Waals surface area contributed by atoms with Crippen molar-refractivity contribution in [2.75, 3.05) is 0 Å². The van der Waals surface area contributed by atoms with E-state index in [2.05, 4.69) is 4.98 Å². The number of pyridine rings is 1. The van der Waals surface area contributed by atoms with Crippen molar-refractivity contribution in [3.05, 3.63) is 71.3 Å². The fourth-order valence-electron chi connectivity index (χ4n) is 5.01. The summed E-state index contributed by atoms with van der Waals surface area (Å²) in [5, 5.41) is 1.63. The number of fused-ring (bicyclic) bond motifs is 1. The lowest BCUT2D eigenvalue weighted by molar-refractivity contribution is 0.0991. The van der Waals surface area contributed by atoms with Crippen LogP contribution in [0.5, 0.6) is 5.75 Å². The van der Waals surface area contributed by atoms with Gasteiger partial charge in [0.25, 0.3) is 0 Å². The molecule has 3 nitrogen and oxygen atoms in total. The number of benzene rings is 2. The maximum atomic E-state index is 14.8. The van der Waals surface area contributed by atoms with Crippen molar-refractivity contribution in [2.24, 2.45) is 5.73 Å². The van der Waals surface area contributed by atoms with E-state index in [-0.39, 0.29) is 17.9 Å². The molecule has 6 heteroatoms. The van der Waals surface area contributed by atoms with Crippen molar-refractivity contribution in [3.63, 3.8) is 0 Å². The third-order valence-electron chi connectivity index (χ3n) is 6.79. The zero-order valence-electron chi connectivity index (χ0n) is 17.8. The van der Waals surface area contributed by atoms with Crippen LogP contribution in [0.1, 0.15) is 50.2 Å². The normalized spacial score (nSPS) is 22.5. The lowest BCUT2D eigenvalue weighted by atomic mass is 9.64. The van der Waals surface area contributed by atoms with Crippen LogP contribution in [0.2, 0.25) is 0 Å². The first kappa shape index (κ1) is 21.6. The minimum atomic E-state index is -0.598. The summed E-state index contributed by atoms with van der Waals surface area (Å²) >= 11 is 0. The summed E-state index contributed by atoms with van der Waals surface area (Å²) in [6.07, 6.45) is 6.29. The van der Waals surface area contributed by atoms with Crippen molar-refractivity contribution in [3.8, 4) is 5.75 Å². The molecule has 0 saturated heterocycles. The highest BCUT2D eigenvalue weighted by atomic mass is 19.1. The Morgan fingerprint density at radius 3 is 2.45 bits per heavy atom. The fourth-order valence-corrected chi connectivity index (χ4v) is 5.01. The monoisotopic (exact) mass is 428 g/mol. The van der Waals surface area contributed by atoms with Crippen LogP contribution < -0.4 is 10.5 Å². The first-order valence-corrected chi connectivity index (χ1v) is 10.8. The molecule has 1 atom stereocenters. The highest BCUT2D eigenvalue weighted by molar-refractivity contribution is 5.86. The van der Waals surface area contributed by atoms with Gasteiger partial charge in [0.2, 0.25) is 0 Å². The third-order valence-corrected chi connectivity index (χ3v) is 6.79. The number of aromatic nitrogens is 1. The highest BCUT2D eigenvalue weighted by Gasteiger charge is 2.42. The lowest BCUT2D eigenvalue weighted by Gasteiger charge is -2.44. The summed E-state index contributed by atoms with van der Waals surface area (Å²) in [6, 6.07) is 6.72. The SMILES string of the molecule is CC[C@H](N)[C@]1(c2cc(F)cc(F)c2)CC[C@H](Oc2c(F)cc3cnccc3c2C)CC1. The van der Waals surface area contributed by atoms with Crippen LogP contribution in [0.4, 0.5) is 13.2 Å². The summed E-state index contributed by atoms with van der Waals surface area (Å²) in [6.45, 7) is 3.82. The Morgan fingerprint density at radius 2 is 1.81 bits per heavy atom. The predicted octanol–water partition coefficient (Wildman–Crippen LogP) is 5.96. The molecule has 164 valence electrons. The van der Waals surface area contributed by atoms with Gasteiger partial charge in [0.05, 0.1) is 6.10 Å². The van der Waals surface area contributed by atoms with E-state index in [1.54, 1.807) is 12.4 Å². The molecule has 0 radical (unpaired) electrons. The van der Waals surface area contributed by atoms with Crippen molar-refractivity contribution in [1.29, 1.82) is 0 Å². The van der Waals surface area contributed by atoms with Crippen LogP contribution in [-0.4, -0.2) is 17.1 Å². The van der Waals surface area contributed by atoms with E-state index >= 15 is 0 Å². The number of halogens is 3. The molecule has 1 aromatic heterocycles. The van der Waals surface area contributed by atoms with Gasteiger partial charge in [-0.05, 0) is 74.2 Å². The van der Waals surface area contributed by atoms with Crippen LogP contribution in [0.25, 0.3) is 10.8 Å². The topological polar surface area (TPSA) is 48.1 Å². The third kappa shape index (κ3) is 4.01. The Morgan fingerprint density at radius 1 is 1.13 bits per heavy atom. The Labute approximate surface area is 180 Å². The molecular formula is C25H27F3N2O. The zero-order chi connectivity index (χ0) is 22.2. The molecule has 4 rings (SSSR count). The molecule has 3 aromatic rings. The van der Waals surface area contributed by atoms with E-state index in [0.29, 0.717) is 37.7 Å². The van der Waals surface area contributed by atoms with Crippen LogP contribution in [0, 0.1) is 24.4 Å². The summed E-state index contributed by atoms with van der Waals surface area (Å²) in [5.41, 5.74) is 7.28. The number of hydrogen-bond acceptors (Lipinski definition) is 3. The molecule has 2 N–H and O–H groups in total. The number of aryl methyl sites for hydroxylation is 1. The molecule has 1 aliphatic rings. The second kappa shape index (κ2) is 8.50. The van der Waals surface area contributed by atoms with Crippen molar-refractivity contribution in [1.82, 2.24) is 4.98 Å². The average Bonchev–Trinajstić information content (AvgIpc) is 2.76. The molecule has 1 heterocycles. The molecule has 1 fully saturated rings. The van der Waals surface area contributed by atoms with Gasteiger partial charge in [0.1, 0.15) is 11.6 Å². The molecule has 1 aliphatic carbocycles. The molecule has 0 unspecified atom stereocenters. The van der Waals surface area contributed by atoms with Gasteiger partial charge in [-0.3, -0.25) is 4.98 Å². The standard InChI is InChI=1S/C25H27F3N2O/c1-3-23(29)25(17-11-18(26)13-19(27)12-17)7-4-20(5-8-25)31-24-15(2)21-6-9-30-14-16(21)10-22(24)28/h6,9-14,20,23H,3-5,7-8,29H2,1-2H3/t20-,23-,25+/m0/s1. The number of nitrogens with two attached hydrogens (primary N) is 1. The summed E-state index contributed by atoms with van der Waals surface area (Å²) in [4.78, 5) is 4.05. The number of nitrogens with zero attached hydrogens (tertiary/aromatic N) is 1. The quantitative estimate of drug-likeness (QED) is 0.546. The van der Waals surface area contributed by atoms with Gasteiger partial charge in [-0.15, -0.1) is 0 Å². The van der Waals surface area contributed by atoms with Crippen LogP contribution in [0.3, 0.4) is 0 Å². The van der Waals surface area contributed by atoms with Crippen molar-refractivity contribution in [2.45, 2.75) is 63.5 Å². The molecule has 1 saturated carbocycles. The van der Waals surface area contributed by atoms with E-state index in [1.165, 1.54) is 18.2 Å². The first-order valence-electron chi connectivity index (χ1n) is 10.8. The van der Waals surface area contributed by atoms with Crippen LogP contribution >= 0.6 is 0 Å². The second-order valence-corrected chi connectivity index (χ2v) is 8.56. The molecule has 2 aromatic carbocycles. The summed E-state index contributed by atoms with van der Waals surface area (Å²) in [5.74, 6) is -1.35.